The molecule has 2 rings (SSSR count). The van der Waals surface area contributed by atoms with Crippen LogP contribution in [0, 0.1) is 5.92 Å². The van der Waals surface area contributed by atoms with Crippen molar-refractivity contribution in [1.82, 2.24) is 9.55 Å². The highest BCUT2D eigenvalue weighted by atomic mass is 16.6. The van der Waals surface area contributed by atoms with Gasteiger partial charge in [-0.3, -0.25) is 14.3 Å². The first-order chi connectivity index (χ1) is 11.6. The molecule has 1 aromatic heterocycles. The molecule has 1 aliphatic heterocycles. The Kier molecular flexibility index (Phi) is 5.88. The molecule has 1 fully saturated rings. The van der Waals surface area contributed by atoms with Gasteiger partial charge in [0.25, 0.3) is 5.56 Å². The molecule has 0 amide bonds. The Morgan fingerprint density at radius 1 is 1.40 bits per heavy atom. The van der Waals surface area contributed by atoms with Crippen LogP contribution in [0.4, 0.5) is 0 Å². The maximum absolute atomic E-state index is 12.4. The lowest BCUT2D eigenvalue weighted by atomic mass is 9.94. The third kappa shape index (κ3) is 3.87. The number of ether oxygens (including phenoxy) is 3. The highest BCUT2D eigenvalue weighted by Crippen LogP contribution is 2.38. The Bertz CT molecular complexity index is 705. The fraction of sp³-hybridized carbons (Fsp3) is 0.765. The molecule has 5 atom stereocenters. The van der Waals surface area contributed by atoms with E-state index in [1.165, 1.54) is 4.57 Å². The normalized spacial score (nSPS) is 28.3. The standard InChI is InChI=1S/C17H29N3O5/c1-9-13(25-12(8-23-5)14(9)24-6)11-7-20(10(2)17(3,4)18)16(22)19-15(11)21/h7,9-10,12-14H,8,18H2,1-6H3,(H,19,21,22)/t9-,10?,12-,13-,14?/m1/s1. The number of rotatable bonds is 6. The van der Waals surface area contributed by atoms with Crippen molar-refractivity contribution in [2.45, 2.75) is 57.6 Å². The molecule has 2 heterocycles. The summed E-state index contributed by atoms with van der Waals surface area (Å²) in [6.07, 6.45) is 0.587. The van der Waals surface area contributed by atoms with Crippen LogP contribution in [0.15, 0.2) is 15.8 Å². The number of nitrogens with two attached hydrogens (primary N) is 1. The monoisotopic (exact) mass is 355 g/mol. The van der Waals surface area contributed by atoms with Crippen molar-refractivity contribution in [3.8, 4) is 0 Å². The number of hydrogen-bond acceptors (Lipinski definition) is 6. The van der Waals surface area contributed by atoms with Crippen LogP contribution < -0.4 is 17.0 Å². The van der Waals surface area contributed by atoms with Gasteiger partial charge in [-0.05, 0) is 20.8 Å². The van der Waals surface area contributed by atoms with E-state index in [0.717, 1.165) is 0 Å². The molecule has 142 valence electrons. The van der Waals surface area contributed by atoms with Crippen LogP contribution in [-0.4, -0.2) is 48.1 Å². The number of nitrogens with one attached hydrogen (secondary N) is 1. The van der Waals surface area contributed by atoms with Crippen LogP contribution in [0.25, 0.3) is 0 Å². The van der Waals surface area contributed by atoms with Crippen LogP contribution >= 0.6 is 0 Å². The van der Waals surface area contributed by atoms with Gasteiger partial charge in [0.1, 0.15) is 6.10 Å². The molecule has 1 aromatic rings. The lowest BCUT2D eigenvalue weighted by Crippen LogP contribution is -2.46. The van der Waals surface area contributed by atoms with Gasteiger partial charge < -0.3 is 19.9 Å². The number of nitrogens with zero attached hydrogens (tertiary/aromatic N) is 1. The third-order valence-corrected chi connectivity index (χ3v) is 5.08. The van der Waals surface area contributed by atoms with E-state index in [1.807, 2.05) is 27.7 Å². The molecule has 1 saturated heterocycles. The fourth-order valence-electron chi connectivity index (χ4n) is 3.27. The molecule has 0 radical (unpaired) electrons. The van der Waals surface area contributed by atoms with Gasteiger partial charge >= 0.3 is 5.69 Å². The topological polar surface area (TPSA) is 109 Å². The average molecular weight is 355 g/mol. The SMILES string of the molecule is COC[C@H]1O[C@@H](c2cn(C(C)C(C)(C)N)c(=O)[nH]c2=O)[C@@H](C)C1OC. The highest BCUT2D eigenvalue weighted by molar-refractivity contribution is 5.14. The number of hydrogen-bond donors (Lipinski definition) is 2. The van der Waals surface area contributed by atoms with E-state index in [9.17, 15) is 9.59 Å². The highest BCUT2D eigenvalue weighted by Gasteiger charge is 2.44. The Morgan fingerprint density at radius 2 is 2.04 bits per heavy atom. The predicted molar refractivity (Wildman–Crippen MR) is 93.8 cm³/mol. The molecule has 2 unspecified atom stereocenters. The molecule has 8 nitrogen and oxygen atoms in total. The molecule has 0 spiro atoms. The molecule has 25 heavy (non-hydrogen) atoms. The van der Waals surface area contributed by atoms with Gasteiger partial charge in [-0.25, -0.2) is 4.79 Å². The van der Waals surface area contributed by atoms with Crippen molar-refractivity contribution in [3.63, 3.8) is 0 Å². The first-order valence-corrected chi connectivity index (χ1v) is 8.43. The smallest absolute Gasteiger partial charge is 0.328 e. The number of aromatic nitrogens is 2. The minimum atomic E-state index is -0.630. The summed E-state index contributed by atoms with van der Waals surface area (Å²) in [6.45, 7) is 7.83. The Hall–Kier alpha value is -1.48. The van der Waals surface area contributed by atoms with Crippen molar-refractivity contribution in [1.29, 1.82) is 0 Å². The number of H-pyrrole nitrogens is 1. The molecular formula is C17H29N3O5. The minimum absolute atomic E-state index is 0.0709. The van der Waals surface area contributed by atoms with Gasteiger partial charge in [0.05, 0.1) is 30.4 Å². The molecule has 0 aliphatic carbocycles. The summed E-state index contributed by atoms with van der Waals surface area (Å²) in [7, 11) is 3.20. The zero-order chi connectivity index (χ0) is 18.9. The van der Waals surface area contributed by atoms with Gasteiger partial charge in [-0.15, -0.1) is 0 Å². The second-order valence-corrected chi connectivity index (χ2v) is 7.36. The summed E-state index contributed by atoms with van der Waals surface area (Å²) in [5, 5.41) is 0. The van der Waals surface area contributed by atoms with E-state index in [-0.39, 0.29) is 24.2 Å². The molecule has 8 heteroatoms. The zero-order valence-corrected chi connectivity index (χ0v) is 15.7. The number of aromatic amines is 1. The van der Waals surface area contributed by atoms with Gasteiger partial charge in [0.2, 0.25) is 0 Å². The summed E-state index contributed by atoms with van der Waals surface area (Å²) in [5.41, 5.74) is 4.96. The summed E-state index contributed by atoms with van der Waals surface area (Å²) in [4.78, 5) is 27.0. The lowest BCUT2D eigenvalue weighted by Gasteiger charge is -2.29. The fourth-order valence-corrected chi connectivity index (χ4v) is 3.27. The van der Waals surface area contributed by atoms with Crippen LogP contribution in [0.3, 0.4) is 0 Å². The van der Waals surface area contributed by atoms with Gasteiger partial charge in [0, 0.05) is 31.9 Å². The van der Waals surface area contributed by atoms with Crippen molar-refractivity contribution in [2.24, 2.45) is 11.7 Å². The van der Waals surface area contributed by atoms with Gasteiger partial charge in [0.15, 0.2) is 0 Å². The second-order valence-electron chi connectivity index (χ2n) is 7.36. The Labute approximate surface area is 147 Å². The van der Waals surface area contributed by atoms with Crippen molar-refractivity contribution >= 4 is 0 Å². The van der Waals surface area contributed by atoms with Crippen LogP contribution in [-0.2, 0) is 14.2 Å². The van der Waals surface area contributed by atoms with Crippen molar-refractivity contribution in [3.05, 3.63) is 32.6 Å². The minimum Gasteiger partial charge on any atom is -0.382 e. The quantitative estimate of drug-likeness (QED) is 0.772. The second kappa shape index (κ2) is 7.41. The molecular weight excluding hydrogens is 326 g/mol. The number of methoxy groups -OCH3 is 2. The van der Waals surface area contributed by atoms with E-state index in [1.54, 1.807) is 20.4 Å². The van der Waals surface area contributed by atoms with E-state index in [0.29, 0.717) is 12.2 Å². The third-order valence-electron chi connectivity index (χ3n) is 5.08. The average Bonchev–Trinajstić information content (AvgIpc) is 2.82. The van der Waals surface area contributed by atoms with Crippen LogP contribution in [0.1, 0.15) is 45.4 Å². The molecule has 0 bridgehead atoms. The lowest BCUT2D eigenvalue weighted by molar-refractivity contribution is -0.0451. The molecule has 1 aliphatic rings. The summed E-state index contributed by atoms with van der Waals surface area (Å²) in [5.74, 6) is -0.0709. The van der Waals surface area contributed by atoms with Gasteiger partial charge in [-0.1, -0.05) is 6.92 Å². The largest absolute Gasteiger partial charge is 0.382 e. The van der Waals surface area contributed by atoms with Gasteiger partial charge in [-0.2, -0.15) is 0 Å². The molecule has 0 saturated carbocycles. The Morgan fingerprint density at radius 3 is 2.56 bits per heavy atom. The first kappa shape index (κ1) is 19.8. The summed E-state index contributed by atoms with van der Waals surface area (Å²) in [6, 6.07) is -0.305. The predicted octanol–water partition coefficient (Wildman–Crippen LogP) is 0.572. The van der Waals surface area contributed by atoms with Crippen LogP contribution in [0.2, 0.25) is 0 Å². The Balaban J connectivity index is 2.46. The zero-order valence-electron chi connectivity index (χ0n) is 15.7. The van der Waals surface area contributed by atoms with Crippen molar-refractivity contribution < 1.29 is 14.2 Å². The van der Waals surface area contributed by atoms with E-state index in [4.69, 9.17) is 19.9 Å². The van der Waals surface area contributed by atoms with E-state index < -0.39 is 22.9 Å². The summed E-state index contributed by atoms with van der Waals surface area (Å²) >= 11 is 0. The summed E-state index contributed by atoms with van der Waals surface area (Å²) < 4.78 is 18.2. The van der Waals surface area contributed by atoms with E-state index >= 15 is 0 Å². The maximum atomic E-state index is 12.4. The maximum Gasteiger partial charge on any atom is 0.328 e. The molecule has 0 aromatic carbocycles. The van der Waals surface area contributed by atoms with Crippen molar-refractivity contribution in [2.75, 3.05) is 20.8 Å². The first-order valence-electron chi connectivity index (χ1n) is 8.43. The molecule has 3 N–H and O–H groups in total. The van der Waals surface area contributed by atoms with Crippen LogP contribution in [0.5, 0.6) is 0 Å². The van der Waals surface area contributed by atoms with E-state index in [2.05, 4.69) is 4.98 Å².